The summed E-state index contributed by atoms with van der Waals surface area (Å²) < 4.78 is 72.1. The van der Waals surface area contributed by atoms with Crippen LogP contribution in [0.25, 0.3) is 0 Å². The first-order valence-corrected chi connectivity index (χ1v) is 9.20. The average molecular weight is 418 g/mol. The molecular formula is C21H23F5O3. The van der Waals surface area contributed by atoms with Crippen molar-refractivity contribution in [1.29, 1.82) is 0 Å². The van der Waals surface area contributed by atoms with Crippen molar-refractivity contribution in [3.63, 3.8) is 0 Å². The van der Waals surface area contributed by atoms with Crippen LogP contribution in [-0.4, -0.2) is 12.3 Å². The molecule has 0 radical (unpaired) electrons. The lowest BCUT2D eigenvalue weighted by Crippen LogP contribution is -2.16. The maximum absolute atomic E-state index is 13.8. The number of aldehydes is 1. The zero-order valence-corrected chi connectivity index (χ0v) is 16.5. The Balaban J connectivity index is 3.24. The molecule has 0 spiro atoms. The molecule has 0 heterocycles. The fourth-order valence-corrected chi connectivity index (χ4v) is 2.56. The molecule has 1 atom stereocenters. The van der Waals surface area contributed by atoms with Gasteiger partial charge in [0.2, 0.25) is 34.8 Å². The SMILES string of the molecule is C/C=C(\C=C(/CCC(C)CC=O)C(=O)Oc1c(F)c(F)c(F)c(F)c1F)CCC. The van der Waals surface area contributed by atoms with Gasteiger partial charge in [-0.25, -0.2) is 18.0 Å². The first-order valence-electron chi connectivity index (χ1n) is 9.20. The van der Waals surface area contributed by atoms with E-state index in [0.717, 1.165) is 18.3 Å². The Morgan fingerprint density at radius 3 is 2.03 bits per heavy atom. The lowest BCUT2D eigenvalue weighted by Gasteiger charge is -2.13. The molecule has 8 heteroatoms. The predicted octanol–water partition coefficient (Wildman–Crippen LogP) is 5.97. The first-order chi connectivity index (χ1) is 13.7. The Hall–Kier alpha value is -2.51. The molecule has 1 unspecified atom stereocenters. The van der Waals surface area contributed by atoms with Crippen LogP contribution in [0, 0.1) is 35.0 Å². The van der Waals surface area contributed by atoms with Crippen molar-refractivity contribution in [2.75, 3.05) is 0 Å². The molecule has 160 valence electrons. The molecule has 0 N–H and O–H groups in total. The highest BCUT2D eigenvalue weighted by atomic mass is 19.2. The van der Waals surface area contributed by atoms with Gasteiger partial charge in [-0.3, -0.25) is 0 Å². The highest BCUT2D eigenvalue weighted by Gasteiger charge is 2.29. The smallest absolute Gasteiger partial charge is 0.339 e. The van der Waals surface area contributed by atoms with Crippen LogP contribution in [0.4, 0.5) is 22.0 Å². The number of allylic oxidation sites excluding steroid dienone is 3. The second kappa shape index (κ2) is 11.5. The molecule has 0 aliphatic heterocycles. The molecule has 29 heavy (non-hydrogen) atoms. The molecule has 1 rings (SSSR count). The summed E-state index contributed by atoms with van der Waals surface area (Å²) >= 11 is 0. The lowest BCUT2D eigenvalue weighted by atomic mass is 9.97. The van der Waals surface area contributed by atoms with Gasteiger partial charge >= 0.3 is 5.97 Å². The summed E-state index contributed by atoms with van der Waals surface area (Å²) in [5.41, 5.74) is 0.758. The minimum atomic E-state index is -2.34. The van der Waals surface area contributed by atoms with E-state index < -0.39 is 40.8 Å². The normalized spacial score (nSPS) is 13.4. The fraction of sp³-hybridized carbons (Fsp3) is 0.429. The number of esters is 1. The van der Waals surface area contributed by atoms with Gasteiger partial charge in [-0.05, 0) is 38.2 Å². The number of hydrogen-bond acceptors (Lipinski definition) is 3. The van der Waals surface area contributed by atoms with Crippen LogP contribution in [-0.2, 0) is 9.59 Å². The molecular weight excluding hydrogens is 395 g/mol. The molecule has 1 aromatic rings. The average Bonchev–Trinajstić information content (AvgIpc) is 2.70. The minimum Gasteiger partial charge on any atom is -0.417 e. The number of rotatable bonds is 10. The summed E-state index contributed by atoms with van der Waals surface area (Å²) in [6.45, 7) is 5.43. The molecule has 1 aromatic carbocycles. The van der Waals surface area contributed by atoms with Crippen molar-refractivity contribution in [1.82, 2.24) is 0 Å². The van der Waals surface area contributed by atoms with Gasteiger partial charge in [-0.15, -0.1) is 0 Å². The van der Waals surface area contributed by atoms with Crippen LogP contribution in [0.1, 0.15) is 52.9 Å². The topological polar surface area (TPSA) is 43.4 Å². The van der Waals surface area contributed by atoms with Crippen molar-refractivity contribution in [3.8, 4) is 5.75 Å². The number of halogens is 5. The van der Waals surface area contributed by atoms with Gasteiger partial charge in [0.1, 0.15) is 6.29 Å². The van der Waals surface area contributed by atoms with Crippen LogP contribution in [0.2, 0.25) is 0 Å². The van der Waals surface area contributed by atoms with Crippen LogP contribution >= 0.6 is 0 Å². The number of benzene rings is 1. The summed E-state index contributed by atoms with van der Waals surface area (Å²) in [5.74, 6) is -14.1. The Bertz CT molecular complexity index is 786. The van der Waals surface area contributed by atoms with E-state index in [1.807, 2.05) is 6.92 Å². The summed E-state index contributed by atoms with van der Waals surface area (Å²) in [6.07, 6.45) is 6.07. The molecule has 0 aliphatic rings. The minimum absolute atomic E-state index is 0.00763. The molecule has 0 amide bonds. The van der Waals surface area contributed by atoms with E-state index in [0.29, 0.717) is 12.8 Å². The van der Waals surface area contributed by atoms with E-state index >= 15 is 0 Å². The van der Waals surface area contributed by atoms with E-state index in [1.54, 1.807) is 19.9 Å². The van der Waals surface area contributed by atoms with E-state index in [4.69, 9.17) is 0 Å². The molecule has 0 aromatic heterocycles. The first kappa shape index (κ1) is 24.5. The maximum atomic E-state index is 13.8. The van der Waals surface area contributed by atoms with E-state index in [1.165, 1.54) is 6.08 Å². The molecule has 0 aliphatic carbocycles. The predicted molar refractivity (Wildman–Crippen MR) is 97.7 cm³/mol. The molecule has 0 bridgehead atoms. The van der Waals surface area contributed by atoms with Crippen molar-refractivity contribution in [2.45, 2.75) is 52.9 Å². The molecule has 0 fully saturated rings. The highest BCUT2D eigenvalue weighted by molar-refractivity contribution is 5.90. The molecule has 3 nitrogen and oxygen atoms in total. The van der Waals surface area contributed by atoms with Crippen molar-refractivity contribution >= 4 is 12.3 Å². The van der Waals surface area contributed by atoms with Gasteiger partial charge in [0.15, 0.2) is 0 Å². The van der Waals surface area contributed by atoms with E-state index in [9.17, 15) is 31.5 Å². The second-order valence-electron chi connectivity index (χ2n) is 6.62. The lowest BCUT2D eigenvalue weighted by molar-refractivity contribution is -0.130. The van der Waals surface area contributed by atoms with Gasteiger partial charge in [0.25, 0.3) is 0 Å². The van der Waals surface area contributed by atoms with Crippen LogP contribution < -0.4 is 4.74 Å². The van der Waals surface area contributed by atoms with Crippen LogP contribution in [0.5, 0.6) is 5.75 Å². The second-order valence-corrected chi connectivity index (χ2v) is 6.62. The van der Waals surface area contributed by atoms with Gasteiger partial charge < -0.3 is 9.53 Å². The van der Waals surface area contributed by atoms with Crippen LogP contribution in [0.15, 0.2) is 23.3 Å². The zero-order valence-electron chi connectivity index (χ0n) is 16.5. The summed E-state index contributed by atoms with van der Waals surface area (Å²) in [4.78, 5) is 23.1. The number of carbonyl (C=O) groups is 2. The quantitative estimate of drug-likeness (QED) is 0.0688. The van der Waals surface area contributed by atoms with Gasteiger partial charge in [-0.1, -0.05) is 31.9 Å². The Morgan fingerprint density at radius 2 is 1.55 bits per heavy atom. The van der Waals surface area contributed by atoms with Crippen molar-refractivity contribution in [3.05, 3.63) is 52.4 Å². The highest BCUT2D eigenvalue weighted by Crippen LogP contribution is 2.30. The Kier molecular flexibility index (Phi) is 9.71. The third kappa shape index (κ3) is 6.51. The summed E-state index contributed by atoms with van der Waals surface area (Å²) in [6, 6.07) is 0. The standard InChI is InChI=1S/C21H23F5O3/c1-4-6-13(5-2)11-14(8-7-12(3)9-10-27)21(28)29-20-18(25)16(23)15(22)17(24)19(20)26/h5,10-12H,4,6-9H2,1-3H3/b13-5-,14-11+. The van der Waals surface area contributed by atoms with Crippen LogP contribution in [0.3, 0.4) is 0 Å². The third-order valence-electron chi connectivity index (χ3n) is 4.30. The maximum Gasteiger partial charge on any atom is 0.339 e. The number of ether oxygens (including phenoxy) is 1. The molecule has 0 saturated carbocycles. The van der Waals surface area contributed by atoms with Gasteiger partial charge in [0, 0.05) is 12.0 Å². The Morgan fingerprint density at radius 1 is 1.00 bits per heavy atom. The van der Waals surface area contributed by atoms with Gasteiger partial charge in [0.05, 0.1) is 0 Å². The largest absolute Gasteiger partial charge is 0.417 e. The van der Waals surface area contributed by atoms with Gasteiger partial charge in [-0.2, -0.15) is 8.78 Å². The number of hydrogen-bond donors (Lipinski definition) is 0. The Labute approximate surface area is 166 Å². The summed E-state index contributed by atoms with van der Waals surface area (Å²) in [5, 5.41) is 0. The van der Waals surface area contributed by atoms with E-state index in [-0.39, 0.29) is 24.3 Å². The zero-order chi connectivity index (χ0) is 22.1. The fourth-order valence-electron chi connectivity index (χ4n) is 2.56. The van der Waals surface area contributed by atoms with Crippen molar-refractivity contribution in [2.24, 2.45) is 5.92 Å². The third-order valence-corrected chi connectivity index (χ3v) is 4.30. The number of carbonyl (C=O) groups excluding carboxylic acids is 2. The monoisotopic (exact) mass is 418 g/mol. The molecule has 0 saturated heterocycles. The van der Waals surface area contributed by atoms with E-state index in [2.05, 4.69) is 4.74 Å². The summed E-state index contributed by atoms with van der Waals surface area (Å²) in [7, 11) is 0. The van der Waals surface area contributed by atoms with Crippen molar-refractivity contribution < 1.29 is 36.3 Å².